The Labute approximate surface area is 212 Å². The van der Waals surface area contributed by atoms with E-state index in [1.807, 2.05) is 31.2 Å². The van der Waals surface area contributed by atoms with Crippen molar-refractivity contribution >= 4 is 0 Å². The monoisotopic (exact) mass is 486 g/mol. The third-order valence-electron chi connectivity index (χ3n) is 5.85. The summed E-state index contributed by atoms with van der Waals surface area (Å²) in [5.41, 5.74) is 2.94. The Balaban J connectivity index is 0.000000205. The SMILES string of the molecule is CC(C)(C)c1ccc(O)cc1.CC(C)(C)c1ccc(OC2CCCCO2)cc1.CC1OCCCO1. The molecule has 0 radical (unpaired) electrons. The average Bonchev–Trinajstić information content (AvgIpc) is 2.81. The summed E-state index contributed by atoms with van der Waals surface area (Å²) in [7, 11) is 0. The molecule has 0 aliphatic carbocycles. The quantitative estimate of drug-likeness (QED) is 0.481. The molecule has 1 N–H and O–H groups in total. The molecule has 4 rings (SSSR count). The maximum absolute atomic E-state index is 9.02. The fourth-order valence-electron chi connectivity index (χ4n) is 3.56. The van der Waals surface area contributed by atoms with Crippen molar-refractivity contribution in [3.63, 3.8) is 0 Å². The van der Waals surface area contributed by atoms with Crippen LogP contribution in [0.25, 0.3) is 0 Å². The Hall–Kier alpha value is -2.08. The van der Waals surface area contributed by atoms with Crippen LogP contribution in [0, 0.1) is 0 Å². The van der Waals surface area contributed by atoms with Gasteiger partial charge in [0.1, 0.15) is 11.5 Å². The van der Waals surface area contributed by atoms with E-state index in [2.05, 4.69) is 53.7 Å². The van der Waals surface area contributed by atoms with Crippen LogP contribution in [-0.2, 0) is 25.0 Å². The summed E-state index contributed by atoms with van der Waals surface area (Å²) in [6.45, 7) is 17.6. The molecule has 1 unspecified atom stereocenters. The number of phenols is 1. The van der Waals surface area contributed by atoms with Crippen LogP contribution < -0.4 is 4.74 Å². The third-order valence-corrected chi connectivity index (χ3v) is 5.85. The summed E-state index contributed by atoms with van der Waals surface area (Å²) < 4.78 is 21.5. The standard InChI is InChI=1S/C15H22O2.C10H14O.C5H10O2/c1-15(2,3)12-7-9-13(10-8-12)17-14-6-4-5-11-16-14;1-10(2,3)8-4-6-9(11)7-5-8;1-5-6-3-2-4-7-5/h7-10,14H,4-6,11H2,1-3H3;4-7,11H,1-3H3;5H,2-4H2,1H3. The summed E-state index contributed by atoms with van der Waals surface area (Å²) >= 11 is 0. The molecule has 0 bridgehead atoms. The molecule has 0 spiro atoms. The van der Waals surface area contributed by atoms with Crippen molar-refractivity contribution in [3.05, 3.63) is 59.7 Å². The molecule has 5 nitrogen and oxygen atoms in total. The van der Waals surface area contributed by atoms with Crippen LogP contribution in [-0.4, -0.2) is 37.5 Å². The lowest BCUT2D eigenvalue weighted by atomic mass is 9.87. The second kappa shape index (κ2) is 13.9. The van der Waals surface area contributed by atoms with E-state index in [0.29, 0.717) is 5.75 Å². The van der Waals surface area contributed by atoms with Gasteiger partial charge in [-0.3, -0.25) is 0 Å². The largest absolute Gasteiger partial charge is 0.508 e. The van der Waals surface area contributed by atoms with Crippen molar-refractivity contribution in [2.75, 3.05) is 19.8 Å². The van der Waals surface area contributed by atoms with Crippen molar-refractivity contribution < 1.29 is 24.1 Å². The highest BCUT2D eigenvalue weighted by atomic mass is 16.7. The smallest absolute Gasteiger partial charge is 0.199 e. The van der Waals surface area contributed by atoms with E-state index in [4.69, 9.17) is 24.1 Å². The lowest BCUT2D eigenvalue weighted by Gasteiger charge is -2.24. The molecule has 2 saturated heterocycles. The van der Waals surface area contributed by atoms with Crippen molar-refractivity contribution in [2.24, 2.45) is 0 Å². The lowest BCUT2D eigenvalue weighted by Crippen LogP contribution is -2.25. The van der Waals surface area contributed by atoms with E-state index in [0.717, 1.165) is 44.8 Å². The van der Waals surface area contributed by atoms with Gasteiger partial charge < -0.3 is 24.1 Å². The molecule has 1 atom stereocenters. The zero-order valence-electron chi connectivity index (χ0n) is 22.8. The molecule has 2 heterocycles. The van der Waals surface area contributed by atoms with Gasteiger partial charge in [0.05, 0.1) is 19.8 Å². The molecule has 0 amide bonds. The summed E-state index contributed by atoms with van der Waals surface area (Å²) in [6.07, 6.45) is 4.39. The Morgan fingerprint density at radius 2 is 1.17 bits per heavy atom. The van der Waals surface area contributed by atoms with Crippen LogP contribution in [0.3, 0.4) is 0 Å². The molecule has 2 aliphatic rings. The number of ether oxygens (including phenoxy) is 4. The lowest BCUT2D eigenvalue weighted by molar-refractivity contribution is -0.167. The Morgan fingerprint density at radius 1 is 0.686 bits per heavy atom. The molecule has 2 aliphatic heterocycles. The summed E-state index contributed by atoms with van der Waals surface area (Å²) in [4.78, 5) is 0. The predicted octanol–water partition coefficient (Wildman–Crippen LogP) is 7.35. The molecule has 2 aromatic carbocycles. The molecule has 2 aromatic rings. The van der Waals surface area contributed by atoms with Crippen LogP contribution in [0.4, 0.5) is 0 Å². The van der Waals surface area contributed by atoms with Gasteiger partial charge in [0, 0.05) is 6.42 Å². The number of hydrogen-bond donors (Lipinski definition) is 1. The molecular weight excluding hydrogens is 440 g/mol. The Bertz CT molecular complexity index is 819. The summed E-state index contributed by atoms with van der Waals surface area (Å²) in [5, 5.41) is 9.02. The topological polar surface area (TPSA) is 57.2 Å². The van der Waals surface area contributed by atoms with E-state index in [1.54, 1.807) is 12.1 Å². The fourth-order valence-corrected chi connectivity index (χ4v) is 3.56. The normalized spacial score (nSPS) is 19.0. The molecule has 196 valence electrons. The van der Waals surface area contributed by atoms with Crippen LogP contribution in [0.2, 0.25) is 0 Å². The first-order valence-electron chi connectivity index (χ1n) is 12.9. The highest BCUT2D eigenvalue weighted by molar-refractivity contribution is 5.31. The van der Waals surface area contributed by atoms with Gasteiger partial charge in [-0.15, -0.1) is 0 Å². The van der Waals surface area contributed by atoms with E-state index < -0.39 is 0 Å². The van der Waals surface area contributed by atoms with Gasteiger partial charge in [0.25, 0.3) is 0 Å². The molecule has 5 heteroatoms. The van der Waals surface area contributed by atoms with E-state index in [9.17, 15) is 0 Å². The molecule has 2 fully saturated rings. The molecule has 0 saturated carbocycles. The number of aromatic hydroxyl groups is 1. The average molecular weight is 487 g/mol. The maximum Gasteiger partial charge on any atom is 0.199 e. The van der Waals surface area contributed by atoms with Gasteiger partial charge in [-0.1, -0.05) is 65.8 Å². The minimum absolute atomic E-state index is 0.0359. The first-order chi connectivity index (χ1) is 16.4. The predicted molar refractivity (Wildman–Crippen MR) is 142 cm³/mol. The van der Waals surface area contributed by atoms with Crippen LogP contribution in [0.5, 0.6) is 11.5 Å². The van der Waals surface area contributed by atoms with Crippen LogP contribution >= 0.6 is 0 Å². The second-order valence-corrected chi connectivity index (χ2v) is 11.1. The van der Waals surface area contributed by atoms with E-state index >= 15 is 0 Å². The Morgan fingerprint density at radius 3 is 1.57 bits per heavy atom. The van der Waals surface area contributed by atoms with Gasteiger partial charge in [0.15, 0.2) is 12.6 Å². The van der Waals surface area contributed by atoms with E-state index in [-0.39, 0.29) is 23.4 Å². The number of rotatable bonds is 2. The number of hydrogen-bond acceptors (Lipinski definition) is 5. The summed E-state index contributed by atoms with van der Waals surface area (Å²) in [6, 6.07) is 15.7. The number of phenolic OH excluding ortho intramolecular Hbond substituents is 1. The maximum atomic E-state index is 9.02. The van der Waals surface area contributed by atoms with Crippen LogP contribution in [0.15, 0.2) is 48.5 Å². The highest BCUT2D eigenvalue weighted by Crippen LogP contribution is 2.26. The molecule has 35 heavy (non-hydrogen) atoms. The number of benzene rings is 2. The fraction of sp³-hybridized carbons (Fsp3) is 0.600. The second-order valence-electron chi connectivity index (χ2n) is 11.1. The zero-order chi connectivity index (χ0) is 25.9. The minimum atomic E-state index is -0.0516. The van der Waals surface area contributed by atoms with Crippen molar-refractivity contribution in [3.8, 4) is 11.5 Å². The molecular formula is C30H46O5. The third kappa shape index (κ3) is 11.5. The van der Waals surface area contributed by atoms with Crippen molar-refractivity contribution in [1.82, 2.24) is 0 Å². The van der Waals surface area contributed by atoms with Gasteiger partial charge in [-0.2, -0.15) is 0 Å². The van der Waals surface area contributed by atoms with Crippen LogP contribution in [0.1, 0.15) is 85.3 Å². The first kappa shape index (κ1) is 29.2. The highest BCUT2D eigenvalue weighted by Gasteiger charge is 2.17. The Kier molecular flexibility index (Phi) is 11.5. The molecule has 0 aromatic heterocycles. The van der Waals surface area contributed by atoms with Crippen molar-refractivity contribution in [1.29, 1.82) is 0 Å². The first-order valence-corrected chi connectivity index (χ1v) is 12.9. The summed E-state index contributed by atoms with van der Waals surface area (Å²) in [5.74, 6) is 1.24. The van der Waals surface area contributed by atoms with Gasteiger partial charge >= 0.3 is 0 Å². The minimum Gasteiger partial charge on any atom is -0.508 e. The van der Waals surface area contributed by atoms with E-state index in [1.165, 1.54) is 17.5 Å². The van der Waals surface area contributed by atoms with Gasteiger partial charge in [-0.25, -0.2) is 0 Å². The van der Waals surface area contributed by atoms with Crippen molar-refractivity contribution in [2.45, 2.75) is 97.6 Å². The zero-order valence-corrected chi connectivity index (χ0v) is 22.8. The van der Waals surface area contributed by atoms with Gasteiger partial charge in [-0.05, 0) is 72.4 Å². The van der Waals surface area contributed by atoms with Gasteiger partial charge in [0.2, 0.25) is 0 Å².